The van der Waals surface area contributed by atoms with E-state index in [0.29, 0.717) is 37.2 Å². The highest BCUT2D eigenvalue weighted by Gasteiger charge is 2.48. The van der Waals surface area contributed by atoms with Crippen LogP contribution in [-0.2, 0) is 14.4 Å². The lowest BCUT2D eigenvalue weighted by Crippen LogP contribution is -2.38. The van der Waals surface area contributed by atoms with Gasteiger partial charge >= 0.3 is 0 Å². The average molecular weight is 409 g/mol. The Labute approximate surface area is 169 Å². The molecule has 1 heterocycles. The molecule has 4 N–H and O–H groups in total. The van der Waals surface area contributed by atoms with Crippen LogP contribution in [0.2, 0.25) is 0 Å². The van der Waals surface area contributed by atoms with E-state index in [0.717, 1.165) is 17.7 Å². The number of nitrogens with two attached hydrogens (primary N) is 1. The number of rotatable bonds is 6. The van der Waals surface area contributed by atoms with E-state index in [4.69, 9.17) is 5.73 Å². The monoisotopic (exact) mass is 408 g/mol. The maximum absolute atomic E-state index is 12.5. The minimum Gasteiger partial charge on any atom is -0.351 e. The normalized spacial score (nSPS) is 21.0. The number of imide groups is 1. The summed E-state index contributed by atoms with van der Waals surface area (Å²) in [5.74, 6) is -1.94. The summed E-state index contributed by atoms with van der Waals surface area (Å²) in [4.78, 5) is 50.7. The number of fused-ring (bicyclic) bond motifs is 1. The maximum Gasteiger partial charge on any atom is 0.253 e. The Hall–Kier alpha value is -2.45. The van der Waals surface area contributed by atoms with Crippen LogP contribution in [0.3, 0.4) is 0 Å². The molecule has 1 aliphatic carbocycles. The minimum absolute atomic E-state index is 0. The van der Waals surface area contributed by atoms with Crippen molar-refractivity contribution >= 4 is 41.7 Å². The molecule has 8 nitrogen and oxygen atoms in total. The van der Waals surface area contributed by atoms with E-state index in [1.807, 2.05) is 0 Å². The molecule has 3 rings (SSSR count). The Morgan fingerprint density at radius 1 is 1.07 bits per heavy atom. The average Bonchev–Trinajstić information content (AvgIpc) is 2.91. The maximum atomic E-state index is 12.5. The highest BCUT2D eigenvalue weighted by atomic mass is 35.5. The van der Waals surface area contributed by atoms with E-state index in [1.165, 1.54) is 0 Å². The van der Waals surface area contributed by atoms with Crippen LogP contribution >= 0.6 is 12.4 Å². The molecule has 1 aromatic carbocycles. The Kier molecular flexibility index (Phi) is 7.53. The molecule has 0 spiro atoms. The van der Waals surface area contributed by atoms with Crippen LogP contribution in [0, 0.1) is 11.8 Å². The Morgan fingerprint density at radius 2 is 1.68 bits per heavy atom. The first kappa shape index (κ1) is 21.8. The number of hydrogen-bond acceptors (Lipinski definition) is 5. The number of nitrogens with zero attached hydrogens (tertiary/aromatic N) is 1. The first-order chi connectivity index (χ1) is 13.0. The van der Waals surface area contributed by atoms with E-state index in [1.54, 1.807) is 24.3 Å². The third-order valence-electron chi connectivity index (χ3n) is 5.11. The largest absolute Gasteiger partial charge is 0.351 e. The summed E-state index contributed by atoms with van der Waals surface area (Å²) in [6.07, 6.45) is 3.28. The second kappa shape index (κ2) is 9.66. The van der Waals surface area contributed by atoms with Gasteiger partial charge in [-0.3, -0.25) is 24.1 Å². The second-order valence-corrected chi connectivity index (χ2v) is 6.90. The molecule has 1 aromatic rings. The molecule has 0 bridgehead atoms. The molecule has 1 saturated carbocycles. The van der Waals surface area contributed by atoms with Gasteiger partial charge in [-0.25, -0.2) is 0 Å². The first-order valence-electron chi connectivity index (χ1n) is 9.25. The molecule has 0 radical (unpaired) electrons. The third-order valence-corrected chi connectivity index (χ3v) is 5.11. The van der Waals surface area contributed by atoms with Crippen molar-refractivity contribution in [3.63, 3.8) is 0 Å². The number of nitrogens with one attached hydrogen (secondary N) is 2. The summed E-state index contributed by atoms with van der Waals surface area (Å²) >= 11 is 0. The van der Waals surface area contributed by atoms with Crippen LogP contribution in [0.4, 0.5) is 5.69 Å². The molecule has 0 aromatic heterocycles. The van der Waals surface area contributed by atoms with Crippen molar-refractivity contribution in [3.8, 4) is 0 Å². The second-order valence-electron chi connectivity index (χ2n) is 6.90. The molecule has 2 unspecified atom stereocenters. The molecule has 9 heteroatoms. The lowest BCUT2D eigenvalue weighted by molar-refractivity contribution is -0.142. The van der Waals surface area contributed by atoms with Crippen LogP contribution in [0.15, 0.2) is 24.3 Å². The standard InChI is InChI=1S/C19H24N4O4.ClH/c20-9-10-21-17(25)14-7-3-4-8-15(14)22-16(24)11-23-18(26)12-5-1-2-6-13(12)19(23)27;/h3-4,7-8,12-13H,1-2,5-6,9-11,20H2,(H,21,25)(H,22,24);1H. The summed E-state index contributed by atoms with van der Waals surface area (Å²) < 4.78 is 0. The number of anilines is 1. The molecule has 1 saturated heterocycles. The van der Waals surface area contributed by atoms with Gasteiger partial charge in [-0.05, 0) is 25.0 Å². The Morgan fingerprint density at radius 3 is 2.29 bits per heavy atom. The van der Waals surface area contributed by atoms with Crippen molar-refractivity contribution < 1.29 is 19.2 Å². The van der Waals surface area contributed by atoms with Gasteiger partial charge in [0.1, 0.15) is 6.54 Å². The van der Waals surface area contributed by atoms with Gasteiger partial charge in [-0.1, -0.05) is 25.0 Å². The molecular weight excluding hydrogens is 384 g/mol. The number of amides is 4. The molecule has 28 heavy (non-hydrogen) atoms. The molecule has 2 aliphatic rings. The van der Waals surface area contributed by atoms with Crippen molar-refractivity contribution in [1.29, 1.82) is 0 Å². The predicted molar refractivity (Wildman–Crippen MR) is 106 cm³/mol. The fourth-order valence-corrected chi connectivity index (χ4v) is 3.79. The van der Waals surface area contributed by atoms with E-state index in [9.17, 15) is 19.2 Å². The van der Waals surface area contributed by atoms with Gasteiger partial charge in [-0.2, -0.15) is 0 Å². The van der Waals surface area contributed by atoms with Gasteiger partial charge in [0, 0.05) is 13.1 Å². The highest BCUT2D eigenvalue weighted by molar-refractivity contribution is 6.10. The van der Waals surface area contributed by atoms with Crippen molar-refractivity contribution in [2.45, 2.75) is 25.7 Å². The molecule has 4 amide bonds. The number of para-hydroxylation sites is 1. The van der Waals surface area contributed by atoms with Crippen molar-refractivity contribution in [2.24, 2.45) is 17.6 Å². The first-order valence-corrected chi connectivity index (χ1v) is 9.25. The lowest BCUT2D eigenvalue weighted by Gasteiger charge is -2.19. The number of carbonyl (C=O) groups excluding carboxylic acids is 4. The molecule has 2 fully saturated rings. The quantitative estimate of drug-likeness (QED) is 0.604. The molecule has 152 valence electrons. The lowest BCUT2D eigenvalue weighted by atomic mass is 9.81. The van der Waals surface area contributed by atoms with Crippen molar-refractivity contribution in [1.82, 2.24) is 10.2 Å². The molecule has 2 atom stereocenters. The van der Waals surface area contributed by atoms with Crippen LogP contribution < -0.4 is 16.4 Å². The molecule has 1 aliphatic heterocycles. The van der Waals surface area contributed by atoms with Crippen molar-refractivity contribution in [2.75, 3.05) is 25.0 Å². The number of carbonyl (C=O) groups is 4. The van der Waals surface area contributed by atoms with Gasteiger partial charge in [0.15, 0.2) is 0 Å². The fourth-order valence-electron chi connectivity index (χ4n) is 3.79. The van der Waals surface area contributed by atoms with Gasteiger partial charge < -0.3 is 16.4 Å². The van der Waals surface area contributed by atoms with Crippen LogP contribution in [0.1, 0.15) is 36.0 Å². The van der Waals surface area contributed by atoms with Gasteiger partial charge in [0.05, 0.1) is 23.1 Å². The van der Waals surface area contributed by atoms with E-state index in [2.05, 4.69) is 10.6 Å². The van der Waals surface area contributed by atoms with Crippen LogP contribution in [-0.4, -0.2) is 48.2 Å². The smallest absolute Gasteiger partial charge is 0.253 e. The zero-order valence-corrected chi connectivity index (χ0v) is 16.3. The topological polar surface area (TPSA) is 122 Å². The Balaban J connectivity index is 0.00000280. The number of hydrogen-bond donors (Lipinski definition) is 3. The predicted octanol–water partition coefficient (Wildman–Crippen LogP) is 0.911. The van der Waals surface area contributed by atoms with Gasteiger partial charge in [0.25, 0.3) is 5.91 Å². The van der Waals surface area contributed by atoms with Crippen LogP contribution in [0.25, 0.3) is 0 Å². The van der Waals surface area contributed by atoms with Crippen LogP contribution in [0.5, 0.6) is 0 Å². The van der Waals surface area contributed by atoms with Gasteiger partial charge in [0.2, 0.25) is 17.7 Å². The Bertz CT molecular complexity index is 746. The zero-order valence-electron chi connectivity index (χ0n) is 15.5. The third kappa shape index (κ3) is 4.51. The number of halogens is 1. The summed E-state index contributed by atoms with van der Waals surface area (Å²) in [5, 5.41) is 5.29. The summed E-state index contributed by atoms with van der Waals surface area (Å²) in [7, 11) is 0. The highest BCUT2D eigenvalue weighted by Crippen LogP contribution is 2.37. The van der Waals surface area contributed by atoms with E-state index >= 15 is 0 Å². The summed E-state index contributed by atoms with van der Waals surface area (Å²) in [6, 6.07) is 6.56. The SMILES string of the molecule is Cl.NCCNC(=O)c1ccccc1NC(=O)CN1C(=O)C2CCCCC2C1=O. The van der Waals surface area contributed by atoms with E-state index < -0.39 is 5.91 Å². The molecular formula is C19H25ClN4O4. The van der Waals surface area contributed by atoms with Crippen molar-refractivity contribution in [3.05, 3.63) is 29.8 Å². The minimum atomic E-state index is -0.505. The number of benzene rings is 1. The van der Waals surface area contributed by atoms with E-state index in [-0.39, 0.29) is 48.5 Å². The summed E-state index contributed by atoms with van der Waals surface area (Å²) in [6.45, 7) is 0.297. The summed E-state index contributed by atoms with van der Waals surface area (Å²) in [5.41, 5.74) is 6.01. The fraction of sp³-hybridized carbons (Fsp3) is 0.474. The number of likely N-dealkylation sites (tertiary alicyclic amines) is 1. The zero-order chi connectivity index (χ0) is 19.4. The van der Waals surface area contributed by atoms with Gasteiger partial charge in [-0.15, -0.1) is 12.4 Å².